The van der Waals surface area contributed by atoms with E-state index in [4.69, 9.17) is 5.53 Å². The van der Waals surface area contributed by atoms with Gasteiger partial charge >= 0.3 is 0 Å². The Hall–Kier alpha value is -6.01. The van der Waals surface area contributed by atoms with E-state index in [0.29, 0.717) is 6.54 Å². The van der Waals surface area contributed by atoms with Crippen molar-refractivity contribution in [1.29, 1.82) is 0 Å². The highest BCUT2D eigenvalue weighted by molar-refractivity contribution is 14.3. The quantitative estimate of drug-likeness (QED) is 0.0407. The molecular weight excluding hydrogens is 1150 g/mol. The zero-order valence-corrected chi connectivity index (χ0v) is 48.6. The summed E-state index contributed by atoms with van der Waals surface area (Å²) in [6.07, 6.45) is 10.1. The average Bonchev–Trinajstić information content (AvgIpc) is 3.97. The van der Waals surface area contributed by atoms with E-state index in [-0.39, 0.29) is 14.9 Å². The van der Waals surface area contributed by atoms with E-state index in [1.807, 2.05) is 26.5 Å². The summed E-state index contributed by atoms with van der Waals surface area (Å²) in [5.74, 6) is 6.54. The predicted molar refractivity (Wildman–Crippen MR) is 340 cm³/mol. The van der Waals surface area contributed by atoms with Crippen molar-refractivity contribution in [1.82, 2.24) is 30.0 Å². The monoisotopic (exact) mass is 1230 g/mol. The van der Waals surface area contributed by atoms with Crippen LogP contribution in [0.3, 0.4) is 0 Å². The van der Waals surface area contributed by atoms with Crippen LogP contribution in [0.25, 0.3) is 55.5 Å². The lowest BCUT2D eigenvalue weighted by Gasteiger charge is -2.16. The van der Waals surface area contributed by atoms with Gasteiger partial charge in [-0.05, 0) is 89.6 Å². The van der Waals surface area contributed by atoms with Crippen molar-refractivity contribution in [3.63, 3.8) is 0 Å². The van der Waals surface area contributed by atoms with Crippen LogP contribution >= 0.6 is 44.7 Å². The maximum atomic E-state index is 7.52. The number of aromatic nitrogens is 6. The van der Waals surface area contributed by atoms with E-state index in [1.54, 1.807) is 6.92 Å². The molecule has 0 saturated carbocycles. The Kier molecular flexibility index (Phi) is 32.0. The number of rotatable bonds is 1. The minimum absolute atomic E-state index is 0. The van der Waals surface area contributed by atoms with Gasteiger partial charge in [-0.15, -0.1) is 54.9 Å². The third kappa shape index (κ3) is 19.3. The van der Waals surface area contributed by atoms with E-state index in [0.717, 1.165) is 61.3 Å². The third-order valence-electron chi connectivity index (χ3n) is 11.3. The van der Waals surface area contributed by atoms with Gasteiger partial charge in [-0.2, -0.15) is 0 Å². The molecule has 0 bridgehead atoms. The molecule has 3 aliphatic rings. The third-order valence-corrected chi connectivity index (χ3v) is 11.3. The standard InChI is InChI=1S/2C17H15N3.C16H12.3C3H8.C2H5N3.2CH4.BI2/c2*1-20-17-15-9-5-3-7-13(15)11-10-12-6-2-4-8-14(12)16(17)18-19-20;1-2-6-14-11-12-16-8-4-3-7-15(16)10-9-13(14)5-1;3*1-3-2;1-2-4-5-3;;;2-1-3/h2*2-9H,10-11H2,1H3;1-8H,9-10H2;3*3H2,1-2H3;2H2,1H3;2*1H4;. The van der Waals surface area contributed by atoms with Crippen LogP contribution in [0.15, 0.2) is 151 Å². The first-order valence-electron chi connectivity index (χ1n) is 25.5. The average molecular weight is 1230 g/mol. The van der Waals surface area contributed by atoms with Crippen LogP contribution in [0.2, 0.25) is 0 Å². The van der Waals surface area contributed by atoms with Gasteiger partial charge in [0.05, 0.1) is 11.4 Å². The van der Waals surface area contributed by atoms with Gasteiger partial charge in [-0.3, -0.25) is 0 Å². The van der Waals surface area contributed by atoms with E-state index >= 15 is 0 Å². The van der Waals surface area contributed by atoms with Crippen molar-refractivity contribution in [3.8, 4) is 56.9 Å². The summed E-state index contributed by atoms with van der Waals surface area (Å²) in [6, 6.07) is 51.1. The first-order chi connectivity index (χ1) is 35.7. The molecule has 0 amide bonds. The predicted octanol–water partition coefficient (Wildman–Crippen LogP) is 17.9. The summed E-state index contributed by atoms with van der Waals surface area (Å²) < 4.78 is 5.71. The van der Waals surface area contributed by atoms with Crippen LogP contribution in [0, 0.1) is 11.8 Å². The smallest absolute Gasteiger partial charge is 0.247 e. The summed E-state index contributed by atoms with van der Waals surface area (Å²) >= 11 is 4.30. The van der Waals surface area contributed by atoms with E-state index < -0.39 is 0 Å². The van der Waals surface area contributed by atoms with Crippen molar-refractivity contribution in [2.45, 2.75) is 121 Å². The van der Waals surface area contributed by atoms with Gasteiger partial charge in [0.2, 0.25) is 0 Å². The van der Waals surface area contributed by atoms with Crippen LogP contribution in [-0.4, -0.2) is 39.5 Å². The molecule has 11 rings (SSSR count). The van der Waals surface area contributed by atoms with Crippen molar-refractivity contribution in [3.05, 3.63) is 201 Å². The molecule has 0 N–H and O–H groups in total. The summed E-state index contributed by atoms with van der Waals surface area (Å²) in [5, 5.41) is 20.5. The van der Waals surface area contributed by atoms with E-state index in [1.165, 1.54) is 86.0 Å². The number of nitrogens with zero attached hydrogens (tertiary/aromatic N) is 9. The fourth-order valence-electron chi connectivity index (χ4n) is 8.28. The molecule has 75 heavy (non-hydrogen) atoms. The summed E-state index contributed by atoms with van der Waals surface area (Å²) in [4.78, 5) is 2.48. The number of benzene rings is 6. The summed E-state index contributed by atoms with van der Waals surface area (Å²) in [7, 11) is 3.93. The number of halogens is 2. The molecule has 0 atom stereocenters. The van der Waals surface area contributed by atoms with Gasteiger partial charge in [-0.25, -0.2) is 9.36 Å². The molecule has 2 heterocycles. The molecule has 9 nitrogen and oxygen atoms in total. The van der Waals surface area contributed by atoms with Crippen LogP contribution in [0.1, 0.15) is 127 Å². The Morgan fingerprint density at radius 3 is 1.01 bits per heavy atom. The molecule has 1 radical (unpaired) electrons. The van der Waals surface area contributed by atoms with E-state index in [9.17, 15) is 0 Å². The Balaban J connectivity index is 0.000000332. The first kappa shape index (κ1) is 65.1. The topological polar surface area (TPSA) is 110 Å². The lowest BCUT2D eigenvalue weighted by Crippen LogP contribution is -2.03. The SMILES string of the molecule is C.C.C1#Cc2ccccc2CCc2ccccc21.CCC.CCC.CCC.CCN=[N+]=[N-].Cn1nnc2c1-c1ccccc1CCc1ccccc1-2.Cn1nnc2c1-c1ccccc1CCc1ccccc1-2.I[B]I. The number of azide groups is 1. The normalized spacial score (nSPS) is 10.8. The molecule has 2 aromatic heterocycles. The molecule has 8 aromatic rings. The second-order valence-electron chi connectivity index (χ2n) is 17.3. The molecule has 3 aliphatic carbocycles. The van der Waals surface area contributed by atoms with Gasteiger partial charge in [0.15, 0.2) is 0 Å². The molecule has 0 aliphatic heterocycles. The Morgan fingerprint density at radius 2 is 0.720 bits per heavy atom. The highest BCUT2D eigenvalue weighted by Crippen LogP contribution is 2.38. The lowest BCUT2D eigenvalue weighted by molar-refractivity contribution is 0.720. The molecule has 12 heteroatoms. The van der Waals surface area contributed by atoms with Gasteiger partial charge < -0.3 is 0 Å². The highest BCUT2D eigenvalue weighted by Gasteiger charge is 2.23. The number of aryl methyl sites for hydroxylation is 8. The second kappa shape index (κ2) is 36.9. The molecule has 0 spiro atoms. The van der Waals surface area contributed by atoms with Gasteiger partial charge in [0, 0.05) is 58.9 Å². The first-order valence-corrected chi connectivity index (χ1v) is 28.0. The Morgan fingerprint density at radius 1 is 0.467 bits per heavy atom. The minimum Gasteiger partial charge on any atom is -0.247 e. The zero-order valence-electron chi connectivity index (χ0n) is 44.3. The maximum Gasteiger partial charge on any atom is 0.283 e. The fourth-order valence-corrected chi connectivity index (χ4v) is 8.28. The Labute approximate surface area is 478 Å². The van der Waals surface area contributed by atoms with E-state index in [2.05, 4.69) is 274 Å². The highest BCUT2D eigenvalue weighted by atomic mass is 127. The second-order valence-corrected chi connectivity index (χ2v) is 20.9. The molecule has 0 saturated heterocycles. The number of hydrogen-bond donors (Lipinski definition) is 0. The molecular formula is C63H79BI2N9. The number of fused-ring (bicyclic) bond motifs is 12. The van der Waals surface area contributed by atoms with Gasteiger partial charge in [-0.1, -0.05) is 243 Å². The van der Waals surface area contributed by atoms with Crippen molar-refractivity contribution < 1.29 is 0 Å². The maximum absolute atomic E-state index is 7.52. The fraction of sp³-hybridized carbons (Fsp3) is 0.333. The molecule has 393 valence electrons. The van der Waals surface area contributed by atoms with Crippen LogP contribution in [0.5, 0.6) is 0 Å². The number of hydrogen-bond acceptors (Lipinski definition) is 5. The van der Waals surface area contributed by atoms with Crippen molar-refractivity contribution in [2.24, 2.45) is 19.2 Å². The van der Waals surface area contributed by atoms with Crippen molar-refractivity contribution >= 4 is 47.7 Å². The van der Waals surface area contributed by atoms with Crippen molar-refractivity contribution in [2.75, 3.05) is 6.54 Å². The summed E-state index contributed by atoms with van der Waals surface area (Å²) in [5.41, 5.74) is 27.2. The Bertz CT molecular complexity index is 2820. The molecule has 0 fully saturated rings. The van der Waals surface area contributed by atoms with Gasteiger partial charge in [0.25, 0.3) is 2.99 Å². The lowest BCUT2D eigenvalue weighted by atomic mass is 9.89. The zero-order chi connectivity index (χ0) is 52.8. The van der Waals surface area contributed by atoms with Gasteiger partial charge in [0.1, 0.15) is 11.4 Å². The largest absolute Gasteiger partial charge is 0.283 e. The van der Waals surface area contributed by atoms with Crippen LogP contribution in [-0.2, 0) is 52.6 Å². The van der Waals surface area contributed by atoms with Crippen LogP contribution in [0.4, 0.5) is 0 Å². The molecule has 0 unspecified atom stereocenters. The van der Waals surface area contributed by atoms with Crippen LogP contribution < -0.4 is 0 Å². The minimum atomic E-state index is 0. The molecule has 6 aromatic carbocycles. The summed E-state index contributed by atoms with van der Waals surface area (Å²) in [6.45, 7) is 15.1.